The summed E-state index contributed by atoms with van der Waals surface area (Å²) in [6.07, 6.45) is 0.698. The summed E-state index contributed by atoms with van der Waals surface area (Å²) in [6.45, 7) is 2.40. The maximum atomic E-state index is 12.2. The first-order valence-electron chi connectivity index (χ1n) is 6.90. The van der Waals surface area contributed by atoms with E-state index in [1.165, 1.54) is 0 Å². The zero-order valence-electron chi connectivity index (χ0n) is 12.4. The van der Waals surface area contributed by atoms with E-state index in [9.17, 15) is 4.79 Å². The number of aromatic nitrogens is 3. The standard InChI is InChI=1S/C15H16N4O2S/c1-10-17-15-19(18-10)11(9-22-15)7-8-16-14(20)12-5-3-4-6-13(12)21-2/h3-6,9H,7-8H2,1-2H3,(H,16,20). The zero-order valence-corrected chi connectivity index (χ0v) is 13.2. The normalized spacial score (nSPS) is 10.8. The quantitative estimate of drug-likeness (QED) is 0.782. The highest BCUT2D eigenvalue weighted by Crippen LogP contribution is 2.17. The van der Waals surface area contributed by atoms with Gasteiger partial charge < -0.3 is 10.1 Å². The molecule has 0 bridgehead atoms. The van der Waals surface area contributed by atoms with E-state index in [0.717, 1.165) is 16.5 Å². The zero-order chi connectivity index (χ0) is 15.5. The Bertz CT molecular complexity index is 809. The number of hydrogen-bond acceptors (Lipinski definition) is 5. The smallest absolute Gasteiger partial charge is 0.255 e. The van der Waals surface area contributed by atoms with Crippen LogP contribution in [-0.2, 0) is 6.42 Å². The molecule has 0 aliphatic heterocycles. The Morgan fingerprint density at radius 1 is 1.41 bits per heavy atom. The van der Waals surface area contributed by atoms with E-state index in [-0.39, 0.29) is 5.91 Å². The summed E-state index contributed by atoms with van der Waals surface area (Å²) in [4.78, 5) is 17.4. The van der Waals surface area contributed by atoms with Crippen molar-refractivity contribution in [3.8, 4) is 5.75 Å². The number of benzene rings is 1. The third-order valence-electron chi connectivity index (χ3n) is 3.27. The van der Waals surface area contributed by atoms with Gasteiger partial charge in [-0.25, -0.2) is 9.50 Å². The van der Waals surface area contributed by atoms with Crippen molar-refractivity contribution >= 4 is 22.2 Å². The number of carbonyl (C=O) groups is 1. The van der Waals surface area contributed by atoms with Crippen molar-refractivity contribution in [2.75, 3.05) is 13.7 Å². The third kappa shape index (κ3) is 2.80. The van der Waals surface area contributed by atoms with Crippen LogP contribution in [0.2, 0.25) is 0 Å². The van der Waals surface area contributed by atoms with Gasteiger partial charge in [-0.1, -0.05) is 12.1 Å². The van der Waals surface area contributed by atoms with Crippen molar-refractivity contribution in [1.29, 1.82) is 0 Å². The van der Waals surface area contributed by atoms with Gasteiger partial charge in [0.2, 0.25) is 4.96 Å². The minimum atomic E-state index is -0.140. The molecule has 3 aromatic rings. The van der Waals surface area contributed by atoms with Gasteiger partial charge in [-0.05, 0) is 19.1 Å². The number of thiazole rings is 1. The van der Waals surface area contributed by atoms with Gasteiger partial charge in [-0.2, -0.15) is 5.10 Å². The summed E-state index contributed by atoms with van der Waals surface area (Å²) >= 11 is 1.55. The molecule has 2 aromatic heterocycles. The molecular weight excluding hydrogens is 300 g/mol. The van der Waals surface area contributed by atoms with Crippen molar-refractivity contribution in [2.24, 2.45) is 0 Å². The van der Waals surface area contributed by atoms with Crippen LogP contribution in [0.1, 0.15) is 21.9 Å². The van der Waals surface area contributed by atoms with Crippen molar-refractivity contribution in [3.05, 3.63) is 46.7 Å². The van der Waals surface area contributed by atoms with Gasteiger partial charge in [0.1, 0.15) is 11.6 Å². The van der Waals surface area contributed by atoms with Gasteiger partial charge >= 0.3 is 0 Å². The fourth-order valence-electron chi connectivity index (χ4n) is 2.23. The molecule has 0 aliphatic rings. The van der Waals surface area contributed by atoms with E-state index in [1.54, 1.807) is 30.6 Å². The van der Waals surface area contributed by atoms with Crippen molar-refractivity contribution < 1.29 is 9.53 Å². The summed E-state index contributed by atoms with van der Waals surface area (Å²) in [5.41, 5.74) is 1.58. The van der Waals surface area contributed by atoms with Crippen LogP contribution in [-0.4, -0.2) is 34.2 Å². The second-order valence-electron chi connectivity index (χ2n) is 4.79. The summed E-state index contributed by atoms with van der Waals surface area (Å²) in [7, 11) is 1.56. The van der Waals surface area contributed by atoms with E-state index in [1.807, 2.05) is 29.0 Å². The van der Waals surface area contributed by atoms with E-state index < -0.39 is 0 Å². The molecule has 0 atom stereocenters. The summed E-state index contributed by atoms with van der Waals surface area (Å²) in [5, 5.41) is 9.27. The lowest BCUT2D eigenvalue weighted by Crippen LogP contribution is -2.26. The first-order valence-corrected chi connectivity index (χ1v) is 7.78. The lowest BCUT2D eigenvalue weighted by Gasteiger charge is -2.08. The number of ether oxygens (including phenoxy) is 1. The van der Waals surface area contributed by atoms with Gasteiger partial charge in [-0.3, -0.25) is 4.79 Å². The Hall–Kier alpha value is -2.41. The molecule has 0 radical (unpaired) electrons. The lowest BCUT2D eigenvalue weighted by atomic mass is 10.2. The van der Waals surface area contributed by atoms with Crippen LogP contribution in [0.3, 0.4) is 0 Å². The molecule has 0 fully saturated rings. The van der Waals surface area contributed by atoms with Crippen LogP contribution in [0.4, 0.5) is 0 Å². The van der Waals surface area contributed by atoms with E-state index in [4.69, 9.17) is 4.74 Å². The van der Waals surface area contributed by atoms with Crippen LogP contribution in [0.25, 0.3) is 4.96 Å². The number of methoxy groups -OCH3 is 1. The second kappa shape index (κ2) is 6.15. The Labute approximate surface area is 131 Å². The van der Waals surface area contributed by atoms with E-state index in [2.05, 4.69) is 15.4 Å². The number of hydrogen-bond donors (Lipinski definition) is 1. The molecule has 3 rings (SSSR count). The van der Waals surface area contributed by atoms with Crippen LogP contribution >= 0.6 is 11.3 Å². The Kier molecular flexibility index (Phi) is 4.06. The fraction of sp³-hybridized carbons (Fsp3) is 0.267. The number of carbonyl (C=O) groups excluding carboxylic acids is 1. The van der Waals surface area contributed by atoms with Crippen molar-refractivity contribution in [3.63, 3.8) is 0 Å². The average molecular weight is 316 g/mol. The minimum Gasteiger partial charge on any atom is -0.496 e. The fourth-order valence-corrected chi connectivity index (χ4v) is 3.13. The van der Waals surface area contributed by atoms with Gasteiger partial charge in [0, 0.05) is 18.3 Å². The first kappa shape index (κ1) is 14.5. The molecule has 2 heterocycles. The van der Waals surface area contributed by atoms with Crippen LogP contribution in [0, 0.1) is 6.92 Å². The van der Waals surface area contributed by atoms with Crippen molar-refractivity contribution in [1.82, 2.24) is 19.9 Å². The summed E-state index contributed by atoms with van der Waals surface area (Å²) < 4.78 is 7.03. The van der Waals surface area contributed by atoms with Gasteiger partial charge in [0.25, 0.3) is 5.91 Å². The molecule has 114 valence electrons. The topological polar surface area (TPSA) is 68.5 Å². The molecule has 0 aliphatic carbocycles. The number of aryl methyl sites for hydroxylation is 1. The lowest BCUT2D eigenvalue weighted by molar-refractivity contribution is 0.0951. The molecule has 22 heavy (non-hydrogen) atoms. The molecule has 1 aromatic carbocycles. The van der Waals surface area contributed by atoms with Crippen LogP contribution in [0.15, 0.2) is 29.6 Å². The molecule has 1 amide bonds. The number of para-hydroxylation sites is 1. The van der Waals surface area contributed by atoms with Crippen molar-refractivity contribution in [2.45, 2.75) is 13.3 Å². The van der Waals surface area contributed by atoms with E-state index in [0.29, 0.717) is 24.3 Å². The van der Waals surface area contributed by atoms with Gasteiger partial charge in [0.15, 0.2) is 0 Å². The number of nitrogens with zero attached hydrogens (tertiary/aromatic N) is 3. The number of nitrogens with one attached hydrogen (secondary N) is 1. The summed E-state index contributed by atoms with van der Waals surface area (Å²) in [5.74, 6) is 1.19. The number of amides is 1. The monoisotopic (exact) mass is 316 g/mol. The Morgan fingerprint density at radius 2 is 2.23 bits per heavy atom. The summed E-state index contributed by atoms with van der Waals surface area (Å²) in [6, 6.07) is 7.18. The van der Waals surface area contributed by atoms with E-state index >= 15 is 0 Å². The number of rotatable bonds is 5. The molecule has 7 heteroatoms. The highest BCUT2D eigenvalue weighted by atomic mass is 32.1. The Morgan fingerprint density at radius 3 is 3.05 bits per heavy atom. The van der Waals surface area contributed by atoms with Crippen LogP contribution in [0.5, 0.6) is 5.75 Å². The molecule has 0 unspecified atom stereocenters. The highest BCUT2D eigenvalue weighted by Gasteiger charge is 2.12. The minimum absolute atomic E-state index is 0.140. The molecule has 0 spiro atoms. The number of fused-ring (bicyclic) bond motifs is 1. The molecule has 0 saturated heterocycles. The largest absolute Gasteiger partial charge is 0.496 e. The van der Waals surface area contributed by atoms with Crippen LogP contribution < -0.4 is 10.1 Å². The van der Waals surface area contributed by atoms with Gasteiger partial charge in [-0.15, -0.1) is 11.3 Å². The molecule has 1 N–H and O–H groups in total. The highest BCUT2D eigenvalue weighted by molar-refractivity contribution is 7.15. The van der Waals surface area contributed by atoms with Gasteiger partial charge in [0.05, 0.1) is 18.4 Å². The predicted molar refractivity (Wildman–Crippen MR) is 84.6 cm³/mol. The predicted octanol–water partition coefficient (Wildman–Crippen LogP) is 2.08. The molecular formula is C15H16N4O2S. The average Bonchev–Trinajstić information content (AvgIpc) is 3.07. The maximum Gasteiger partial charge on any atom is 0.255 e. The SMILES string of the molecule is COc1ccccc1C(=O)NCCc1csc2nc(C)nn12. The Balaban J connectivity index is 1.64. The third-order valence-corrected chi connectivity index (χ3v) is 4.14. The molecule has 6 nitrogen and oxygen atoms in total. The molecule has 0 saturated carbocycles. The first-order chi connectivity index (χ1) is 10.7. The maximum absolute atomic E-state index is 12.2. The second-order valence-corrected chi connectivity index (χ2v) is 5.62.